The number of hydrogen-bond donors (Lipinski definition) is 1. The van der Waals surface area contributed by atoms with Gasteiger partial charge < -0.3 is 5.32 Å². The molecule has 0 spiro atoms. The molecule has 2 heterocycles. The summed E-state index contributed by atoms with van der Waals surface area (Å²) in [5.74, 6) is 0.700. The summed E-state index contributed by atoms with van der Waals surface area (Å²) in [7, 11) is 0. The van der Waals surface area contributed by atoms with Gasteiger partial charge >= 0.3 is 0 Å². The Bertz CT molecular complexity index is 802. The predicted octanol–water partition coefficient (Wildman–Crippen LogP) is 4.06. The summed E-state index contributed by atoms with van der Waals surface area (Å²) in [5.41, 5.74) is 3.42. The summed E-state index contributed by atoms with van der Waals surface area (Å²) in [6.07, 6.45) is 8.15. The average Bonchev–Trinajstić information content (AvgIpc) is 3.42. The van der Waals surface area contributed by atoms with Crippen LogP contribution >= 0.6 is 11.6 Å². The maximum Gasteiger partial charge on any atom is 0.269 e. The Morgan fingerprint density at radius 3 is 2.92 bits per heavy atom. The number of rotatable bonds is 7. The van der Waals surface area contributed by atoms with Crippen molar-refractivity contribution >= 4 is 23.6 Å². The van der Waals surface area contributed by atoms with Gasteiger partial charge in [-0.25, -0.2) is 4.98 Å². The Hall–Kier alpha value is -2.27. The monoisotopic (exact) mass is 356 g/mol. The van der Waals surface area contributed by atoms with Crippen molar-refractivity contribution in [1.82, 2.24) is 20.5 Å². The van der Waals surface area contributed by atoms with Crippen molar-refractivity contribution in [3.05, 3.63) is 47.0 Å². The van der Waals surface area contributed by atoms with Gasteiger partial charge in [0.05, 0.1) is 6.20 Å². The highest BCUT2D eigenvalue weighted by Gasteiger charge is 2.20. The van der Waals surface area contributed by atoms with Crippen molar-refractivity contribution in [1.29, 1.82) is 0 Å². The minimum absolute atomic E-state index is 0.172. The maximum atomic E-state index is 12.5. The van der Waals surface area contributed by atoms with Crippen LogP contribution in [-0.2, 0) is 0 Å². The second-order valence-corrected chi connectivity index (χ2v) is 6.69. The fraction of sp³-hybridized carbons (Fsp3) is 0.368. The molecular formula is C19H21ClN4O. The quantitative estimate of drug-likeness (QED) is 0.759. The first kappa shape index (κ1) is 17.5. The molecule has 2 aromatic heterocycles. The van der Waals surface area contributed by atoms with E-state index in [-0.39, 0.29) is 11.1 Å². The number of aryl methyl sites for hydroxylation is 1. The van der Waals surface area contributed by atoms with Gasteiger partial charge in [-0.2, -0.15) is 5.10 Å². The summed E-state index contributed by atoms with van der Waals surface area (Å²) in [6.45, 7) is 6.37. The maximum absolute atomic E-state index is 12.5. The first-order valence-electron chi connectivity index (χ1n) is 8.50. The molecule has 1 saturated carbocycles. The van der Waals surface area contributed by atoms with Crippen LogP contribution in [0, 0.1) is 12.8 Å². The van der Waals surface area contributed by atoms with Crippen LogP contribution in [0.5, 0.6) is 0 Å². The van der Waals surface area contributed by atoms with Crippen molar-refractivity contribution < 1.29 is 4.79 Å². The van der Waals surface area contributed by atoms with Crippen LogP contribution in [0.3, 0.4) is 0 Å². The Balaban J connectivity index is 1.83. The molecule has 1 amide bonds. The molecule has 0 bridgehead atoms. The van der Waals surface area contributed by atoms with E-state index in [1.807, 2.05) is 6.92 Å². The summed E-state index contributed by atoms with van der Waals surface area (Å²) in [6, 6.07) is 3.51. The number of nitrogens with zero attached hydrogens (tertiary/aromatic N) is 3. The van der Waals surface area contributed by atoms with E-state index in [4.69, 9.17) is 11.6 Å². The Morgan fingerprint density at radius 2 is 2.24 bits per heavy atom. The van der Waals surface area contributed by atoms with E-state index in [0.717, 1.165) is 29.2 Å². The highest BCUT2D eigenvalue weighted by molar-refractivity contribution is 6.32. The Kier molecular flexibility index (Phi) is 5.43. The predicted molar refractivity (Wildman–Crippen MR) is 99.4 cm³/mol. The molecule has 130 valence electrons. The van der Waals surface area contributed by atoms with E-state index in [1.54, 1.807) is 24.4 Å². The van der Waals surface area contributed by atoms with Crippen LogP contribution in [0.1, 0.15) is 47.4 Å². The molecule has 1 aliphatic carbocycles. The van der Waals surface area contributed by atoms with E-state index < -0.39 is 0 Å². The standard InChI is InChI=1S/C19H21ClN4O/c1-3-14-12(2)23-17(19(25)21-9-4-5-13-6-7-13)11-16(14)15-8-10-22-24-18(15)20/h3,8,10-11,13H,1,4-7,9H2,2H3,(H,21,25). The topological polar surface area (TPSA) is 67.8 Å². The van der Waals surface area contributed by atoms with Crippen LogP contribution in [0.15, 0.2) is 24.9 Å². The molecule has 2 aromatic rings. The van der Waals surface area contributed by atoms with Gasteiger partial charge in [-0.3, -0.25) is 4.79 Å². The largest absolute Gasteiger partial charge is 0.351 e. The minimum Gasteiger partial charge on any atom is -0.351 e. The number of halogens is 1. The molecule has 0 aromatic carbocycles. The summed E-state index contributed by atoms with van der Waals surface area (Å²) >= 11 is 6.18. The van der Waals surface area contributed by atoms with E-state index in [0.29, 0.717) is 17.8 Å². The van der Waals surface area contributed by atoms with Crippen LogP contribution in [-0.4, -0.2) is 27.6 Å². The lowest BCUT2D eigenvalue weighted by atomic mass is 9.99. The summed E-state index contributed by atoms with van der Waals surface area (Å²) in [5, 5.41) is 10.9. The highest BCUT2D eigenvalue weighted by Crippen LogP contribution is 2.33. The van der Waals surface area contributed by atoms with Gasteiger partial charge in [-0.05, 0) is 43.4 Å². The van der Waals surface area contributed by atoms with E-state index in [9.17, 15) is 4.79 Å². The molecule has 0 saturated heterocycles. The van der Waals surface area contributed by atoms with Crippen LogP contribution in [0.25, 0.3) is 17.2 Å². The molecule has 1 aliphatic rings. The lowest BCUT2D eigenvalue weighted by Gasteiger charge is -2.12. The van der Waals surface area contributed by atoms with Crippen molar-refractivity contribution in [2.45, 2.75) is 32.6 Å². The van der Waals surface area contributed by atoms with Gasteiger partial charge in [0.15, 0.2) is 5.15 Å². The first-order valence-corrected chi connectivity index (χ1v) is 8.87. The second kappa shape index (κ2) is 7.74. The molecular weight excluding hydrogens is 336 g/mol. The lowest BCUT2D eigenvalue weighted by molar-refractivity contribution is 0.0947. The molecule has 1 N–H and O–H groups in total. The Morgan fingerprint density at radius 1 is 1.44 bits per heavy atom. The summed E-state index contributed by atoms with van der Waals surface area (Å²) < 4.78 is 0. The fourth-order valence-corrected chi connectivity index (χ4v) is 3.09. The van der Waals surface area contributed by atoms with Crippen LogP contribution < -0.4 is 5.32 Å². The lowest BCUT2D eigenvalue weighted by Crippen LogP contribution is -2.26. The van der Waals surface area contributed by atoms with Crippen molar-refractivity contribution in [3.63, 3.8) is 0 Å². The van der Waals surface area contributed by atoms with Crippen molar-refractivity contribution in [2.75, 3.05) is 6.54 Å². The molecule has 0 radical (unpaired) electrons. The van der Waals surface area contributed by atoms with Crippen molar-refractivity contribution in [2.24, 2.45) is 5.92 Å². The summed E-state index contributed by atoms with van der Waals surface area (Å²) in [4.78, 5) is 16.9. The van der Waals surface area contributed by atoms with Gasteiger partial charge in [0, 0.05) is 23.4 Å². The normalized spacial score (nSPS) is 13.5. The van der Waals surface area contributed by atoms with Gasteiger partial charge in [0.25, 0.3) is 5.91 Å². The van der Waals surface area contributed by atoms with Crippen LogP contribution in [0.2, 0.25) is 5.15 Å². The molecule has 0 aliphatic heterocycles. The number of carbonyl (C=O) groups is 1. The molecule has 5 nitrogen and oxygen atoms in total. The van der Waals surface area contributed by atoms with Gasteiger partial charge in [0.2, 0.25) is 0 Å². The number of nitrogens with one attached hydrogen (secondary N) is 1. The third-order valence-electron chi connectivity index (χ3n) is 4.42. The zero-order valence-corrected chi connectivity index (χ0v) is 15.0. The minimum atomic E-state index is -0.172. The van der Waals surface area contributed by atoms with Gasteiger partial charge in [-0.15, -0.1) is 5.10 Å². The molecule has 1 fully saturated rings. The Labute approximate surface area is 152 Å². The molecule has 0 unspecified atom stereocenters. The number of amides is 1. The SMILES string of the molecule is C=Cc1c(-c2ccnnc2Cl)cc(C(=O)NCCCC2CC2)nc1C. The molecule has 6 heteroatoms. The van der Waals surface area contributed by atoms with Crippen molar-refractivity contribution in [3.8, 4) is 11.1 Å². The number of carbonyl (C=O) groups excluding carboxylic acids is 1. The first-order chi connectivity index (χ1) is 12.1. The third-order valence-corrected chi connectivity index (χ3v) is 4.70. The van der Waals surface area contributed by atoms with E-state index in [2.05, 4.69) is 27.1 Å². The fourth-order valence-electron chi connectivity index (χ4n) is 2.88. The molecule has 25 heavy (non-hydrogen) atoms. The number of hydrogen-bond acceptors (Lipinski definition) is 4. The number of aromatic nitrogens is 3. The van der Waals surface area contributed by atoms with Gasteiger partial charge in [-0.1, -0.05) is 37.1 Å². The average molecular weight is 357 g/mol. The third kappa shape index (κ3) is 4.23. The zero-order chi connectivity index (χ0) is 17.8. The zero-order valence-electron chi connectivity index (χ0n) is 14.3. The molecule has 0 atom stereocenters. The van der Waals surface area contributed by atoms with Gasteiger partial charge in [0.1, 0.15) is 5.69 Å². The van der Waals surface area contributed by atoms with E-state index >= 15 is 0 Å². The van der Waals surface area contributed by atoms with E-state index in [1.165, 1.54) is 19.3 Å². The highest BCUT2D eigenvalue weighted by atomic mass is 35.5. The van der Waals surface area contributed by atoms with Crippen LogP contribution in [0.4, 0.5) is 0 Å². The second-order valence-electron chi connectivity index (χ2n) is 6.34. The number of pyridine rings is 1. The smallest absolute Gasteiger partial charge is 0.269 e. The molecule has 3 rings (SSSR count).